The molecule has 2 aliphatic heterocycles. The van der Waals surface area contributed by atoms with E-state index in [1.165, 1.54) is 13.8 Å². The third-order valence-electron chi connectivity index (χ3n) is 11.1. The Kier molecular flexibility index (Phi) is 5.33. The molecule has 10 heteroatoms. The first kappa shape index (κ1) is 26.1. The van der Waals surface area contributed by atoms with Gasteiger partial charge in [-0.05, 0) is 31.6 Å². The number of epoxide rings is 1. The van der Waals surface area contributed by atoms with Gasteiger partial charge >= 0.3 is 23.9 Å². The Labute approximate surface area is 215 Å². The van der Waals surface area contributed by atoms with Crippen molar-refractivity contribution in [1.29, 1.82) is 0 Å². The third kappa shape index (κ3) is 2.93. The molecule has 0 amide bonds. The molecule has 3 aliphatic carbocycles. The summed E-state index contributed by atoms with van der Waals surface area (Å²) < 4.78 is 23.1. The van der Waals surface area contributed by atoms with Gasteiger partial charge in [0.15, 0.2) is 6.10 Å². The molecule has 5 fully saturated rings. The quantitative estimate of drug-likeness (QED) is 0.334. The number of aliphatic carboxylic acids is 1. The molecule has 5 aliphatic rings. The number of carboxylic acid groups (broad SMARTS) is 1. The van der Waals surface area contributed by atoms with Crippen LogP contribution in [0.4, 0.5) is 0 Å². The van der Waals surface area contributed by atoms with E-state index in [0.717, 1.165) is 0 Å². The number of fused-ring (bicyclic) bond motifs is 3. The van der Waals surface area contributed by atoms with Gasteiger partial charge in [-0.2, -0.15) is 0 Å². The highest BCUT2D eigenvalue weighted by Crippen LogP contribution is 2.78. The number of hydrogen-bond acceptors (Lipinski definition) is 9. The van der Waals surface area contributed by atoms with Crippen LogP contribution in [-0.2, 0) is 42.9 Å². The number of hydrogen-bond donors (Lipinski definition) is 1. The van der Waals surface area contributed by atoms with Gasteiger partial charge in [0.1, 0.15) is 23.6 Å². The second-order valence-corrected chi connectivity index (χ2v) is 12.9. The van der Waals surface area contributed by atoms with E-state index in [-0.39, 0.29) is 30.5 Å². The van der Waals surface area contributed by atoms with Gasteiger partial charge in [-0.15, -0.1) is 0 Å². The van der Waals surface area contributed by atoms with Crippen molar-refractivity contribution in [2.45, 2.75) is 104 Å². The summed E-state index contributed by atoms with van der Waals surface area (Å²) in [6.45, 7) is 12.2. The van der Waals surface area contributed by atoms with Crippen LogP contribution in [0.3, 0.4) is 0 Å². The third-order valence-corrected chi connectivity index (χ3v) is 11.1. The number of ether oxygens (including phenoxy) is 4. The molecule has 204 valence electrons. The zero-order valence-electron chi connectivity index (χ0n) is 22.4. The molecule has 37 heavy (non-hydrogen) atoms. The van der Waals surface area contributed by atoms with E-state index in [2.05, 4.69) is 0 Å². The van der Waals surface area contributed by atoms with E-state index in [4.69, 9.17) is 18.9 Å². The fourth-order valence-corrected chi connectivity index (χ4v) is 9.38. The first-order chi connectivity index (χ1) is 17.0. The molecule has 0 aromatic heterocycles. The smallest absolute Gasteiger partial charge is 0.345 e. The van der Waals surface area contributed by atoms with Crippen molar-refractivity contribution in [2.75, 3.05) is 0 Å². The lowest BCUT2D eigenvalue weighted by Crippen LogP contribution is -2.75. The van der Waals surface area contributed by atoms with Gasteiger partial charge in [0.2, 0.25) is 6.10 Å². The topological polar surface area (TPSA) is 146 Å². The van der Waals surface area contributed by atoms with E-state index >= 15 is 0 Å². The maximum Gasteiger partial charge on any atom is 0.345 e. The Balaban J connectivity index is 1.67. The van der Waals surface area contributed by atoms with E-state index in [0.29, 0.717) is 12.8 Å². The number of carbonyl (C=O) groups is 5. The van der Waals surface area contributed by atoms with Crippen LogP contribution in [0.2, 0.25) is 0 Å². The SMILES string of the molecule is CC(=O)O[C@H]1C[C@@H](OC(C)=O)C(C)(C)C2CC(=O)C3(C)C(CC[C@@]4(C)[C@H](C(=O)O)OC(=O)C5OC534)C21C. The molecule has 6 unspecified atom stereocenters. The summed E-state index contributed by atoms with van der Waals surface area (Å²) in [5.41, 5.74) is -5.01. The lowest BCUT2D eigenvalue weighted by molar-refractivity contribution is -0.259. The molecule has 10 nitrogen and oxygen atoms in total. The number of Topliss-reactive ketones (excluding diaryl/α,β-unsaturated/α-hetero) is 1. The van der Waals surface area contributed by atoms with Gasteiger partial charge in [-0.3, -0.25) is 14.4 Å². The number of ketones is 1. The van der Waals surface area contributed by atoms with Gasteiger partial charge in [0.05, 0.1) is 5.41 Å². The van der Waals surface area contributed by atoms with Crippen LogP contribution >= 0.6 is 0 Å². The fraction of sp³-hybridized carbons (Fsp3) is 0.815. The van der Waals surface area contributed by atoms with E-state index < -0.39 is 75.6 Å². The van der Waals surface area contributed by atoms with Crippen LogP contribution in [0.15, 0.2) is 0 Å². The highest BCUT2D eigenvalue weighted by atomic mass is 16.7. The minimum Gasteiger partial charge on any atom is -0.478 e. The normalized spacial score (nSPS) is 49.3. The van der Waals surface area contributed by atoms with E-state index in [1.807, 2.05) is 20.8 Å². The van der Waals surface area contributed by atoms with Crippen LogP contribution in [0.25, 0.3) is 0 Å². The molecule has 0 aromatic carbocycles. The lowest BCUT2D eigenvalue weighted by atomic mass is 9.34. The molecule has 2 saturated heterocycles. The zero-order valence-corrected chi connectivity index (χ0v) is 22.4. The molecular weight excluding hydrogens is 484 g/mol. The summed E-state index contributed by atoms with van der Waals surface area (Å²) in [5, 5.41) is 9.97. The number of rotatable bonds is 3. The van der Waals surface area contributed by atoms with Gasteiger partial charge in [-0.25, -0.2) is 9.59 Å². The Morgan fingerprint density at radius 1 is 0.946 bits per heavy atom. The summed E-state index contributed by atoms with van der Waals surface area (Å²) in [6.07, 6.45) is -2.52. The summed E-state index contributed by atoms with van der Waals surface area (Å²) in [7, 11) is 0. The van der Waals surface area contributed by atoms with Crippen molar-refractivity contribution in [3.63, 3.8) is 0 Å². The van der Waals surface area contributed by atoms with Gasteiger partial charge in [0.25, 0.3) is 0 Å². The Hall–Kier alpha value is -2.49. The second-order valence-electron chi connectivity index (χ2n) is 12.9. The molecule has 0 bridgehead atoms. The largest absolute Gasteiger partial charge is 0.478 e. The standard InChI is InChI=1S/C27H36O10/c1-12(28)34-17-11-18(35-13(2)29)25(6)14-8-9-24(5)19(21(31)32)36-22(33)20-27(24,37-20)26(14,7)16(30)10-15(25)23(17,3)4/h14-15,17-20H,8-11H2,1-7H3,(H,31,32)/t14?,15?,17-,18+,19+,20?,24+,25?,26?,27?/m1/s1. The second kappa shape index (κ2) is 7.55. The van der Waals surface area contributed by atoms with Gasteiger partial charge in [0, 0.05) is 42.9 Å². The van der Waals surface area contributed by atoms with E-state index in [1.54, 1.807) is 13.8 Å². The number of carbonyl (C=O) groups excluding carboxylic acids is 4. The molecule has 10 atom stereocenters. The summed E-state index contributed by atoms with van der Waals surface area (Å²) in [5.74, 6) is -3.76. The maximum absolute atomic E-state index is 14.3. The molecular formula is C27H36O10. The maximum atomic E-state index is 14.3. The predicted molar refractivity (Wildman–Crippen MR) is 125 cm³/mol. The number of carboxylic acids is 1. The highest BCUT2D eigenvalue weighted by molar-refractivity contribution is 5.95. The van der Waals surface area contributed by atoms with Crippen molar-refractivity contribution in [3.05, 3.63) is 0 Å². The average Bonchev–Trinajstić information content (AvgIpc) is 3.54. The van der Waals surface area contributed by atoms with Crippen LogP contribution < -0.4 is 0 Å². The average molecular weight is 521 g/mol. The number of esters is 3. The minimum absolute atomic E-state index is 0.0900. The zero-order chi connectivity index (χ0) is 27.5. The van der Waals surface area contributed by atoms with Crippen molar-refractivity contribution < 1.29 is 48.0 Å². The molecule has 5 rings (SSSR count). The molecule has 2 heterocycles. The van der Waals surface area contributed by atoms with Crippen LogP contribution in [0.5, 0.6) is 0 Å². The van der Waals surface area contributed by atoms with Crippen LogP contribution in [0.1, 0.15) is 74.1 Å². The Morgan fingerprint density at radius 2 is 1.54 bits per heavy atom. The van der Waals surface area contributed by atoms with E-state index in [9.17, 15) is 29.1 Å². The molecule has 1 N–H and O–H groups in total. The molecule has 3 saturated carbocycles. The summed E-state index contributed by atoms with van der Waals surface area (Å²) >= 11 is 0. The summed E-state index contributed by atoms with van der Waals surface area (Å²) in [4.78, 5) is 63.6. The van der Waals surface area contributed by atoms with Crippen molar-refractivity contribution in [2.24, 2.45) is 33.5 Å². The number of cyclic esters (lactones) is 1. The Bertz CT molecular complexity index is 1110. The minimum atomic E-state index is -1.43. The first-order valence-corrected chi connectivity index (χ1v) is 13.0. The lowest BCUT2D eigenvalue weighted by Gasteiger charge is -2.69. The van der Waals surface area contributed by atoms with Crippen LogP contribution in [0, 0.1) is 33.5 Å². The molecule has 1 spiro atoms. The molecule has 0 radical (unpaired) electrons. The monoisotopic (exact) mass is 520 g/mol. The van der Waals surface area contributed by atoms with Gasteiger partial charge < -0.3 is 24.1 Å². The molecule has 0 aromatic rings. The van der Waals surface area contributed by atoms with Crippen molar-refractivity contribution in [3.8, 4) is 0 Å². The van der Waals surface area contributed by atoms with Crippen LogP contribution in [-0.4, -0.2) is 64.8 Å². The Morgan fingerprint density at radius 3 is 2.11 bits per heavy atom. The van der Waals surface area contributed by atoms with Gasteiger partial charge in [-0.1, -0.05) is 27.7 Å². The fourth-order valence-electron chi connectivity index (χ4n) is 9.38. The predicted octanol–water partition coefficient (Wildman–Crippen LogP) is 2.45. The van der Waals surface area contributed by atoms with Crippen molar-refractivity contribution >= 4 is 29.7 Å². The first-order valence-electron chi connectivity index (χ1n) is 13.0. The summed E-state index contributed by atoms with van der Waals surface area (Å²) in [6, 6.07) is 0. The van der Waals surface area contributed by atoms with Crippen molar-refractivity contribution in [1.82, 2.24) is 0 Å². The highest BCUT2D eigenvalue weighted by Gasteiger charge is 2.89.